The fraction of sp³-hybridized carbons (Fsp3) is 0.273. The number of rotatable bonds is 4. The van der Waals surface area contributed by atoms with Gasteiger partial charge in [-0.25, -0.2) is 9.59 Å². The Balaban J connectivity index is 1.79. The van der Waals surface area contributed by atoms with Crippen LogP contribution in [0.3, 0.4) is 0 Å². The fourth-order valence-electron chi connectivity index (χ4n) is 4.45. The summed E-state index contributed by atoms with van der Waals surface area (Å²) in [5, 5.41) is 21.5. The zero-order valence-corrected chi connectivity index (χ0v) is 16.2. The smallest absolute Gasteiger partial charge is 0.415 e. The summed E-state index contributed by atoms with van der Waals surface area (Å²) < 4.78 is 5.44. The number of ether oxygens (including phenoxy) is 1. The van der Waals surface area contributed by atoms with Crippen LogP contribution in [0, 0.1) is 23.0 Å². The highest BCUT2D eigenvalue weighted by molar-refractivity contribution is 5.99. The Morgan fingerprint density at radius 2 is 1.97 bits per heavy atom. The van der Waals surface area contributed by atoms with Crippen LogP contribution < -0.4 is 4.90 Å². The van der Waals surface area contributed by atoms with Crippen molar-refractivity contribution in [3.8, 4) is 0 Å². The van der Waals surface area contributed by atoms with Gasteiger partial charge in [-0.2, -0.15) is 0 Å². The molecule has 0 saturated heterocycles. The van der Waals surface area contributed by atoms with Crippen molar-refractivity contribution < 1.29 is 24.4 Å². The molecule has 4 rings (SSSR count). The van der Waals surface area contributed by atoms with E-state index in [0.717, 1.165) is 10.5 Å². The number of hydrogen-bond acceptors (Lipinski definition) is 5. The zero-order chi connectivity index (χ0) is 21.4. The van der Waals surface area contributed by atoms with Gasteiger partial charge >= 0.3 is 12.1 Å². The van der Waals surface area contributed by atoms with Crippen molar-refractivity contribution in [3.05, 3.63) is 81.4 Å². The van der Waals surface area contributed by atoms with Gasteiger partial charge in [-0.05, 0) is 30.5 Å². The van der Waals surface area contributed by atoms with Gasteiger partial charge in [0.1, 0.15) is 12.6 Å². The average Bonchev–Trinajstić information content (AvgIpc) is 3.21. The highest BCUT2D eigenvalue weighted by Crippen LogP contribution is 2.50. The van der Waals surface area contributed by atoms with Crippen molar-refractivity contribution in [3.63, 3.8) is 0 Å². The van der Waals surface area contributed by atoms with Gasteiger partial charge < -0.3 is 9.84 Å². The fourth-order valence-corrected chi connectivity index (χ4v) is 4.45. The number of carboxylic acids is 1. The maximum Gasteiger partial charge on any atom is 0.415 e. The molecule has 0 spiro atoms. The van der Waals surface area contributed by atoms with Crippen molar-refractivity contribution in [2.75, 3.05) is 4.90 Å². The number of allylic oxidation sites excluding steroid dienone is 2. The molecule has 8 heteroatoms. The molecule has 0 fully saturated rings. The third kappa shape index (κ3) is 3.20. The van der Waals surface area contributed by atoms with Gasteiger partial charge in [0, 0.05) is 17.9 Å². The average molecular weight is 408 g/mol. The SMILES string of the molecule is Cc1c([N+](=O)[O-])ccc2c1N(C(=O)OCc1ccccc1)[C@@H](C(=O)O)[C@H]1CC=C[C@@H]21. The summed E-state index contributed by atoms with van der Waals surface area (Å²) in [5.74, 6) is -1.75. The Bertz CT molecular complexity index is 1050. The second kappa shape index (κ2) is 7.62. The molecule has 2 aliphatic rings. The summed E-state index contributed by atoms with van der Waals surface area (Å²) >= 11 is 0. The molecule has 2 aromatic rings. The summed E-state index contributed by atoms with van der Waals surface area (Å²) in [5.41, 5.74) is 1.79. The lowest BCUT2D eigenvalue weighted by Crippen LogP contribution is -2.53. The van der Waals surface area contributed by atoms with Crippen LogP contribution in [-0.2, 0) is 16.1 Å². The van der Waals surface area contributed by atoms with Gasteiger partial charge in [-0.3, -0.25) is 15.0 Å². The number of carbonyl (C=O) groups excluding carboxylic acids is 1. The van der Waals surface area contributed by atoms with Crippen LogP contribution in [0.25, 0.3) is 0 Å². The number of amides is 1. The topological polar surface area (TPSA) is 110 Å². The number of nitro benzene ring substituents is 1. The number of aliphatic carboxylic acids is 1. The number of hydrogen-bond donors (Lipinski definition) is 1. The molecule has 1 aliphatic heterocycles. The highest BCUT2D eigenvalue weighted by Gasteiger charge is 2.49. The predicted octanol–water partition coefficient (Wildman–Crippen LogP) is 4.17. The van der Waals surface area contributed by atoms with Crippen LogP contribution >= 0.6 is 0 Å². The lowest BCUT2D eigenvalue weighted by Gasteiger charge is -2.41. The first-order valence-electron chi connectivity index (χ1n) is 9.57. The van der Waals surface area contributed by atoms with E-state index < -0.39 is 23.0 Å². The highest BCUT2D eigenvalue weighted by atomic mass is 16.6. The molecule has 1 N–H and O–H groups in total. The van der Waals surface area contributed by atoms with E-state index in [1.807, 2.05) is 30.4 Å². The number of anilines is 1. The second-order valence-corrected chi connectivity index (χ2v) is 7.45. The first kappa shape index (κ1) is 19.6. The molecule has 3 atom stereocenters. The minimum Gasteiger partial charge on any atom is -0.480 e. The predicted molar refractivity (Wildman–Crippen MR) is 108 cm³/mol. The van der Waals surface area contributed by atoms with Crippen molar-refractivity contribution in [2.24, 2.45) is 5.92 Å². The van der Waals surface area contributed by atoms with Gasteiger partial charge in [0.25, 0.3) is 5.69 Å². The quantitative estimate of drug-likeness (QED) is 0.462. The van der Waals surface area contributed by atoms with Crippen LogP contribution in [0.4, 0.5) is 16.2 Å². The first-order valence-corrected chi connectivity index (χ1v) is 9.57. The molecule has 1 amide bonds. The summed E-state index contributed by atoms with van der Waals surface area (Å²) in [6, 6.07) is 10.9. The summed E-state index contributed by atoms with van der Waals surface area (Å²) in [6.07, 6.45) is 3.48. The zero-order valence-electron chi connectivity index (χ0n) is 16.2. The Kier molecular flexibility index (Phi) is 4.99. The molecule has 0 bridgehead atoms. The van der Waals surface area contributed by atoms with Gasteiger partial charge in [0.2, 0.25) is 0 Å². The number of benzene rings is 2. The number of nitrogens with zero attached hydrogens (tertiary/aromatic N) is 2. The van der Waals surface area contributed by atoms with Crippen molar-refractivity contribution >= 4 is 23.4 Å². The van der Waals surface area contributed by atoms with Crippen LogP contribution in [0.15, 0.2) is 54.6 Å². The molecule has 0 aromatic heterocycles. The van der Waals surface area contributed by atoms with E-state index in [1.54, 1.807) is 18.2 Å². The summed E-state index contributed by atoms with van der Waals surface area (Å²) in [6.45, 7) is 1.50. The Hall–Kier alpha value is -3.68. The molecule has 2 aromatic carbocycles. The molecular weight excluding hydrogens is 388 g/mol. The Labute approximate surface area is 172 Å². The normalized spacial score (nSPS) is 21.6. The largest absolute Gasteiger partial charge is 0.480 e. The van der Waals surface area contributed by atoms with E-state index in [0.29, 0.717) is 12.0 Å². The van der Waals surface area contributed by atoms with Crippen LogP contribution in [-0.4, -0.2) is 28.1 Å². The number of nitro groups is 1. The van der Waals surface area contributed by atoms with Gasteiger partial charge in [-0.1, -0.05) is 42.5 Å². The van der Waals surface area contributed by atoms with Crippen molar-refractivity contribution in [1.29, 1.82) is 0 Å². The van der Waals surface area contributed by atoms with E-state index in [2.05, 4.69) is 0 Å². The third-order valence-corrected chi connectivity index (χ3v) is 5.78. The molecular formula is C22H20N2O6. The summed E-state index contributed by atoms with van der Waals surface area (Å²) in [4.78, 5) is 37.4. The second-order valence-electron chi connectivity index (χ2n) is 7.45. The molecule has 30 heavy (non-hydrogen) atoms. The van der Waals surface area contributed by atoms with Gasteiger partial charge in [0.05, 0.1) is 16.2 Å². The standard InChI is InChI=1S/C22H20N2O6/c1-13-18(24(28)29)11-10-17-15-8-5-9-16(15)20(21(25)26)23(19(13)17)22(27)30-12-14-6-3-2-4-7-14/h2-8,10-11,15-16,20H,9,12H2,1H3,(H,25,26)/t15-,16+,20-/m1/s1. The molecule has 8 nitrogen and oxygen atoms in total. The van der Waals surface area contributed by atoms with E-state index in [1.165, 1.54) is 13.0 Å². The van der Waals surface area contributed by atoms with Crippen LogP contribution in [0.1, 0.15) is 29.0 Å². The molecule has 1 aliphatic carbocycles. The Morgan fingerprint density at radius 3 is 2.63 bits per heavy atom. The van der Waals surface area contributed by atoms with E-state index in [9.17, 15) is 24.8 Å². The molecule has 154 valence electrons. The van der Waals surface area contributed by atoms with E-state index in [-0.39, 0.29) is 35.4 Å². The third-order valence-electron chi connectivity index (χ3n) is 5.78. The van der Waals surface area contributed by atoms with Gasteiger partial charge in [-0.15, -0.1) is 0 Å². The van der Waals surface area contributed by atoms with Crippen molar-refractivity contribution in [1.82, 2.24) is 0 Å². The monoisotopic (exact) mass is 408 g/mol. The van der Waals surface area contributed by atoms with Gasteiger partial charge in [0.15, 0.2) is 0 Å². The lowest BCUT2D eigenvalue weighted by atomic mass is 9.77. The van der Waals surface area contributed by atoms with E-state index in [4.69, 9.17) is 4.74 Å². The lowest BCUT2D eigenvalue weighted by molar-refractivity contribution is -0.385. The minimum absolute atomic E-state index is 0.0296. The maximum atomic E-state index is 13.1. The minimum atomic E-state index is -1.18. The number of fused-ring (bicyclic) bond motifs is 3. The van der Waals surface area contributed by atoms with Crippen molar-refractivity contribution in [2.45, 2.75) is 31.9 Å². The number of carbonyl (C=O) groups is 2. The Morgan fingerprint density at radius 1 is 1.23 bits per heavy atom. The molecule has 0 radical (unpaired) electrons. The van der Waals surface area contributed by atoms with Crippen LogP contribution in [0.5, 0.6) is 0 Å². The maximum absolute atomic E-state index is 13.1. The summed E-state index contributed by atoms with van der Waals surface area (Å²) in [7, 11) is 0. The first-order chi connectivity index (χ1) is 14.4. The van der Waals surface area contributed by atoms with E-state index >= 15 is 0 Å². The molecule has 1 heterocycles. The molecule has 0 saturated carbocycles. The molecule has 0 unspecified atom stereocenters. The van der Waals surface area contributed by atoms with Crippen LogP contribution in [0.2, 0.25) is 0 Å². The number of carboxylic acid groups (broad SMARTS) is 1.